The number of aromatic nitrogens is 1. The predicted molar refractivity (Wildman–Crippen MR) is 384 cm³/mol. The van der Waals surface area contributed by atoms with E-state index in [0.29, 0.717) is 28.6 Å². The van der Waals surface area contributed by atoms with Gasteiger partial charge in [0.05, 0.1) is 42.3 Å². The third kappa shape index (κ3) is 24.5. The first-order chi connectivity index (χ1) is 42.6. The number of nitrogens with one attached hydrogen (secondary N) is 1. The standard InChI is InChI=1S/C14H19NO.C13H19NO.C11H14O2.C9H9NO2.C9H10O.C8H7NO2.3C5H12/c1-13(2,3)10-5-4-6-11-12(10)16-14(7-8-14)9-15-11;1-13(2,3)10-6-5-7-11-12(10)15-9-8-14(11)4;1-11(2,3)8-5-4-6-9-10(8)13-7-12-9;1-10-7-4-2-3-5-8(7)12-6-9(10)11;1-2-6-9-8(4-1)5-3-7-10-9;1-9-6-4-2-3-5-7(6)11-8(9)10;3*1-5(2,3)4/h4-6,15H,7-9H2,1-3H3;5-7H,8-9H2,1-4H3;4-6H,7H2,1-3H3;2-5H,6H2,1H3;1-2,4,6H,3,5,7H2;2-5H,1H3;3*1-4H3. The minimum absolute atomic E-state index is 0.00583. The van der Waals surface area contributed by atoms with Crippen LogP contribution in [-0.2, 0) is 34.5 Å². The van der Waals surface area contributed by atoms with Gasteiger partial charge in [0.25, 0.3) is 5.91 Å². The van der Waals surface area contributed by atoms with E-state index in [9.17, 15) is 9.59 Å². The first kappa shape index (κ1) is 75.2. The van der Waals surface area contributed by atoms with Gasteiger partial charge in [0.15, 0.2) is 23.7 Å². The van der Waals surface area contributed by atoms with E-state index in [0.717, 1.165) is 84.1 Å². The molecule has 1 fully saturated rings. The Hall–Kier alpha value is -7.54. The summed E-state index contributed by atoms with van der Waals surface area (Å²) < 4.78 is 39.8. The summed E-state index contributed by atoms with van der Waals surface area (Å²) in [6.07, 6.45) is 4.73. The van der Waals surface area contributed by atoms with Crippen LogP contribution in [0.25, 0.3) is 11.1 Å². The van der Waals surface area contributed by atoms with Gasteiger partial charge in [-0.25, -0.2) is 4.79 Å². The zero-order valence-corrected chi connectivity index (χ0v) is 60.7. The zero-order chi connectivity index (χ0) is 68.6. The van der Waals surface area contributed by atoms with Gasteiger partial charge in [-0.1, -0.05) is 224 Å². The fourth-order valence-electron chi connectivity index (χ4n) is 9.40. The summed E-state index contributed by atoms with van der Waals surface area (Å²) in [5, 5.41) is 3.50. The highest BCUT2D eigenvalue weighted by atomic mass is 16.7. The maximum Gasteiger partial charge on any atom is 0.419 e. The van der Waals surface area contributed by atoms with E-state index >= 15 is 0 Å². The molecule has 13 heteroatoms. The summed E-state index contributed by atoms with van der Waals surface area (Å²) in [5.41, 5.74) is 11.9. The van der Waals surface area contributed by atoms with Crippen LogP contribution < -0.4 is 49.3 Å². The van der Waals surface area contributed by atoms with Gasteiger partial charge in [-0.2, -0.15) is 0 Å². The number of para-hydroxylation sites is 8. The third-order valence-corrected chi connectivity index (χ3v) is 14.1. The van der Waals surface area contributed by atoms with E-state index in [1.807, 2.05) is 66.7 Å². The number of amides is 1. The van der Waals surface area contributed by atoms with E-state index < -0.39 is 0 Å². The molecule has 504 valence electrons. The maximum atomic E-state index is 11.2. The number of rotatable bonds is 0. The van der Waals surface area contributed by atoms with Crippen molar-refractivity contribution >= 4 is 34.1 Å². The topological polar surface area (TPSA) is 126 Å². The molecule has 5 aliphatic heterocycles. The van der Waals surface area contributed by atoms with Gasteiger partial charge < -0.3 is 48.0 Å². The van der Waals surface area contributed by atoms with Crippen LogP contribution in [0.2, 0.25) is 0 Å². The van der Waals surface area contributed by atoms with Crippen LogP contribution in [0, 0.1) is 16.2 Å². The second kappa shape index (κ2) is 31.9. The number of nitrogens with zero attached hydrogens (tertiary/aromatic N) is 3. The minimum Gasteiger partial charge on any atom is -0.493 e. The van der Waals surface area contributed by atoms with Crippen LogP contribution in [0.15, 0.2) is 137 Å². The van der Waals surface area contributed by atoms with Crippen LogP contribution in [0.5, 0.6) is 34.5 Å². The molecule has 6 aliphatic rings. The van der Waals surface area contributed by atoms with Crippen molar-refractivity contribution in [2.75, 3.05) is 68.9 Å². The normalized spacial score (nSPS) is 15.2. The molecule has 13 nitrogen and oxygen atoms in total. The predicted octanol–water partition coefficient (Wildman–Crippen LogP) is 19.2. The number of hydrogen-bond donors (Lipinski definition) is 1. The highest BCUT2D eigenvalue weighted by Gasteiger charge is 2.48. The second-order valence-electron chi connectivity index (χ2n) is 32.2. The van der Waals surface area contributed by atoms with Crippen LogP contribution in [0.4, 0.5) is 17.1 Å². The molecule has 0 saturated heterocycles. The van der Waals surface area contributed by atoms with Crippen molar-refractivity contribution in [1.29, 1.82) is 0 Å². The highest BCUT2D eigenvalue weighted by Crippen LogP contribution is 2.49. The van der Waals surface area contributed by atoms with Crippen molar-refractivity contribution in [3.05, 3.63) is 160 Å². The molecule has 6 heterocycles. The van der Waals surface area contributed by atoms with E-state index in [2.05, 4.69) is 217 Å². The molecule has 0 radical (unpaired) electrons. The van der Waals surface area contributed by atoms with Gasteiger partial charge >= 0.3 is 5.76 Å². The minimum atomic E-state index is -0.314. The van der Waals surface area contributed by atoms with Crippen molar-refractivity contribution < 1.29 is 37.6 Å². The summed E-state index contributed by atoms with van der Waals surface area (Å²) in [6, 6.07) is 41.9. The number of hydrogen-bond acceptors (Lipinski definition) is 11. The fourth-order valence-corrected chi connectivity index (χ4v) is 9.40. The molecule has 0 unspecified atom stereocenters. The summed E-state index contributed by atoms with van der Waals surface area (Å²) in [4.78, 5) is 26.0. The molecule has 1 spiro atoms. The van der Waals surface area contributed by atoms with E-state index in [1.54, 1.807) is 25.1 Å². The Morgan fingerprint density at radius 2 is 0.967 bits per heavy atom. The van der Waals surface area contributed by atoms with Crippen molar-refractivity contribution in [2.24, 2.45) is 23.3 Å². The smallest absolute Gasteiger partial charge is 0.419 e. The van der Waals surface area contributed by atoms with E-state index in [-0.39, 0.29) is 40.1 Å². The Labute approximate surface area is 553 Å². The first-order valence-corrected chi connectivity index (χ1v) is 32.8. The molecule has 0 bridgehead atoms. The number of ether oxygens (including phenoxy) is 6. The van der Waals surface area contributed by atoms with E-state index in [4.69, 9.17) is 32.8 Å². The quantitative estimate of drug-likeness (QED) is 0.156. The van der Waals surface area contributed by atoms with Crippen molar-refractivity contribution in [3.63, 3.8) is 0 Å². The molecule has 6 aromatic carbocycles. The molecular formula is C79H114N4O9. The molecule has 1 aromatic heterocycles. The lowest BCUT2D eigenvalue weighted by molar-refractivity contribution is -0.121. The number of carbonyl (C=O) groups excluding carboxylic acids is 1. The molecule has 1 N–H and O–H groups in total. The lowest BCUT2D eigenvalue weighted by Crippen LogP contribution is -2.35. The Morgan fingerprint density at radius 3 is 1.54 bits per heavy atom. The van der Waals surface area contributed by atoms with Gasteiger partial charge in [0.2, 0.25) is 6.79 Å². The number of fused-ring (bicyclic) bond motifs is 6. The van der Waals surface area contributed by atoms with Gasteiger partial charge in [0.1, 0.15) is 35.2 Å². The lowest BCUT2D eigenvalue weighted by Gasteiger charge is -2.32. The molecular weight excluding hydrogens is 1150 g/mol. The van der Waals surface area contributed by atoms with Crippen LogP contribution >= 0.6 is 0 Å². The molecule has 13 rings (SSSR count). The van der Waals surface area contributed by atoms with Crippen LogP contribution in [0.1, 0.15) is 187 Å². The molecule has 1 aliphatic carbocycles. The fraction of sp³-hybridized carbons (Fsp3) is 0.519. The number of aryl methyl sites for hydroxylation is 2. The Kier molecular flexibility index (Phi) is 26.0. The molecule has 7 aromatic rings. The first-order valence-electron chi connectivity index (χ1n) is 32.8. The molecule has 0 atom stereocenters. The lowest BCUT2D eigenvalue weighted by atomic mass is 9.85. The highest BCUT2D eigenvalue weighted by molar-refractivity contribution is 5.97. The van der Waals surface area contributed by atoms with Gasteiger partial charge in [0, 0.05) is 37.8 Å². The van der Waals surface area contributed by atoms with Crippen LogP contribution in [-0.4, -0.2) is 69.9 Å². The SMILES string of the molecule is CC(C)(C)C.CC(C)(C)C.CC(C)(C)C.CC(C)(C)c1cccc2c1OC1(CC1)CN2.CC(C)(C)c1cccc2c1OCO2.CN1C(=O)COc2ccccc21.CN1CCOc2c1cccc2C(C)(C)C.Cn1c(=O)oc2ccccc21.c1ccc2c(c1)CCCO2. The molecule has 92 heavy (non-hydrogen) atoms. The number of benzene rings is 6. The van der Waals surface area contributed by atoms with E-state index in [1.165, 1.54) is 51.8 Å². The molecule has 1 amide bonds. The number of anilines is 3. The average molecular weight is 1260 g/mol. The van der Waals surface area contributed by atoms with Crippen molar-refractivity contribution in [1.82, 2.24) is 4.57 Å². The Bertz CT molecular complexity index is 3440. The monoisotopic (exact) mass is 1260 g/mol. The van der Waals surface area contributed by atoms with Gasteiger partial charge in [-0.3, -0.25) is 9.36 Å². The summed E-state index contributed by atoms with van der Waals surface area (Å²) in [5.74, 6) is 5.47. The van der Waals surface area contributed by atoms with Gasteiger partial charge in [-0.15, -0.1) is 0 Å². The van der Waals surface area contributed by atoms with Gasteiger partial charge in [-0.05, 0) is 112 Å². The van der Waals surface area contributed by atoms with Crippen molar-refractivity contribution in [2.45, 2.75) is 193 Å². The second-order valence-corrected chi connectivity index (χ2v) is 32.2. The van der Waals surface area contributed by atoms with Crippen molar-refractivity contribution in [3.8, 4) is 34.5 Å². The number of carbonyl (C=O) groups is 1. The third-order valence-electron chi connectivity index (χ3n) is 14.1. The average Bonchev–Trinajstić information content (AvgIpc) is 1.55. The largest absolute Gasteiger partial charge is 0.493 e. The number of likely N-dealkylation sites (N-methyl/N-ethyl adjacent to an activating group) is 2. The summed E-state index contributed by atoms with van der Waals surface area (Å²) >= 11 is 0. The zero-order valence-electron chi connectivity index (χ0n) is 60.7. The Morgan fingerprint density at radius 1 is 0.467 bits per heavy atom. The molecule has 1 saturated carbocycles. The maximum absolute atomic E-state index is 11.2. The number of oxazole rings is 1. The van der Waals surface area contributed by atoms with Crippen LogP contribution in [0.3, 0.4) is 0 Å². The summed E-state index contributed by atoms with van der Waals surface area (Å²) in [6.45, 7) is 50.2. The summed E-state index contributed by atoms with van der Waals surface area (Å²) in [7, 11) is 5.56. The Balaban J connectivity index is 0.000000193.